The highest BCUT2D eigenvalue weighted by Gasteiger charge is 2.21. The lowest BCUT2D eigenvalue weighted by molar-refractivity contribution is 0.340. The van der Waals surface area contributed by atoms with E-state index in [-0.39, 0.29) is 11.2 Å². The van der Waals surface area contributed by atoms with Crippen molar-refractivity contribution >= 4 is 5.65 Å². The van der Waals surface area contributed by atoms with Crippen molar-refractivity contribution in [3.8, 4) is 0 Å². The molecule has 21 heavy (non-hydrogen) atoms. The van der Waals surface area contributed by atoms with E-state index in [4.69, 9.17) is 0 Å². The van der Waals surface area contributed by atoms with Crippen molar-refractivity contribution in [2.24, 2.45) is 0 Å². The second-order valence-corrected chi connectivity index (χ2v) is 6.20. The summed E-state index contributed by atoms with van der Waals surface area (Å²) in [5.41, 5.74) is 1.30. The molecule has 3 rings (SSSR count). The van der Waals surface area contributed by atoms with Gasteiger partial charge in [0.1, 0.15) is 11.5 Å². The number of fused-ring (bicyclic) bond motifs is 1. The molecular weight excluding hydrogens is 266 g/mol. The van der Waals surface area contributed by atoms with E-state index in [2.05, 4.69) is 10.1 Å². The minimum absolute atomic E-state index is 0.0999. The largest absolute Gasteiger partial charge is 0.346 e. The Kier molecular flexibility index (Phi) is 2.97. The molecule has 0 fully saturated rings. The molecular formula is C15H19N5O. The standard InChI is InChI=1S/C15H19N5O/c1-11-17-20(15(2,3)4)14(21)19(11)10-12-9-18-8-6-5-7-13(18)16-12/h5-9H,10H2,1-4H3. The summed E-state index contributed by atoms with van der Waals surface area (Å²) >= 11 is 0. The monoisotopic (exact) mass is 285 g/mol. The zero-order valence-electron chi connectivity index (χ0n) is 12.7. The van der Waals surface area contributed by atoms with Gasteiger partial charge < -0.3 is 4.40 Å². The third-order valence-corrected chi connectivity index (χ3v) is 3.42. The van der Waals surface area contributed by atoms with Crippen LogP contribution in [0.2, 0.25) is 0 Å². The van der Waals surface area contributed by atoms with Crippen LogP contribution in [0.1, 0.15) is 32.3 Å². The highest BCUT2D eigenvalue weighted by Crippen LogP contribution is 2.11. The van der Waals surface area contributed by atoms with Gasteiger partial charge in [-0.2, -0.15) is 5.10 Å². The maximum atomic E-state index is 12.5. The molecule has 0 unspecified atom stereocenters. The first-order valence-corrected chi connectivity index (χ1v) is 6.96. The Morgan fingerprint density at radius 2 is 2.00 bits per heavy atom. The van der Waals surface area contributed by atoms with Gasteiger partial charge in [0.2, 0.25) is 0 Å². The number of pyridine rings is 1. The average molecular weight is 285 g/mol. The Balaban J connectivity index is 2.02. The van der Waals surface area contributed by atoms with Gasteiger partial charge in [-0.15, -0.1) is 0 Å². The lowest BCUT2D eigenvalue weighted by Gasteiger charge is -2.16. The Labute approximate surface area is 122 Å². The van der Waals surface area contributed by atoms with Crippen molar-refractivity contribution in [1.82, 2.24) is 23.7 Å². The first-order valence-electron chi connectivity index (χ1n) is 6.96. The van der Waals surface area contributed by atoms with E-state index in [0.29, 0.717) is 12.4 Å². The molecule has 0 bridgehead atoms. The summed E-state index contributed by atoms with van der Waals surface area (Å²) in [5.74, 6) is 0.701. The summed E-state index contributed by atoms with van der Waals surface area (Å²) in [6, 6.07) is 5.84. The number of nitrogens with zero attached hydrogens (tertiary/aromatic N) is 5. The van der Waals surface area contributed by atoms with Crippen LogP contribution in [-0.2, 0) is 12.1 Å². The lowest BCUT2D eigenvalue weighted by atomic mass is 10.1. The Morgan fingerprint density at radius 1 is 1.24 bits per heavy atom. The lowest BCUT2D eigenvalue weighted by Crippen LogP contribution is -2.36. The van der Waals surface area contributed by atoms with Crippen molar-refractivity contribution in [2.75, 3.05) is 0 Å². The second kappa shape index (κ2) is 4.58. The van der Waals surface area contributed by atoms with E-state index in [1.807, 2.05) is 62.7 Å². The van der Waals surface area contributed by atoms with Crippen LogP contribution in [0.25, 0.3) is 5.65 Å². The molecule has 6 heteroatoms. The first kappa shape index (κ1) is 13.6. The van der Waals surface area contributed by atoms with E-state index >= 15 is 0 Å². The van der Waals surface area contributed by atoms with Gasteiger partial charge in [-0.05, 0) is 39.8 Å². The zero-order valence-corrected chi connectivity index (χ0v) is 12.7. The molecule has 0 aliphatic heterocycles. The smallest absolute Gasteiger partial charge is 0.307 e. The maximum Gasteiger partial charge on any atom is 0.346 e. The van der Waals surface area contributed by atoms with Gasteiger partial charge in [-0.1, -0.05) is 6.07 Å². The number of rotatable bonds is 2. The molecule has 3 heterocycles. The molecule has 0 saturated carbocycles. The van der Waals surface area contributed by atoms with Gasteiger partial charge in [0.25, 0.3) is 0 Å². The Hall–Kier alpha value is -2.37. The summed E-state index contributed by atoms with van der Waals surface area (Å²) in [5, 5.41) is 4.36. The second-order valence-electron chi connectivity index (χ2n) is 6.20. The van der Waals surface area contributed by atoms with E-state index in [9.17, 15) is 4.79 Å². The number of hydrogen-bond acceptors (Lipinski definition) is 3. The number of hydrogen-bond donors (Lipinski definition) is 0. The van der Waals surface area contributed by atoms with Crippen LogP contribution in [-0.4, -0.2) is 23.7 Å². The number of imidazole rings is 1. The topological polar surface area (TPSA) is 57.1 Å². The van der Waals surface area contributed by atoms with Gasteiger partial charge in [0.15, 0.2) is 0 Å². The molecule has 6 nitrogen and oxygen atoms in total. The molecule has 0 aromatic carbocycles. The number of aromatic nitrogens is 5. The van der Waals surface area contributed by atoms with E-state index in [1.54, 1.807) is 4.57 Å². The average Bonchev–Trinajstić information content (AvgIpc) is 2.93. The molecule has 0 amide bonds. The van der Waals surface area contributed by atoms with E-state index in [0.717, 1.165) is 11.3 Å². The molecule has 0 saturated heterocycles. The quantitative estimate of drug-likeness (QED) is 0.721. The fourth-order valence-corrected chi connectivity index (χ4v) is 2.34. The molecule has 0 radical (unpaired) electrons. The van der Waals surface area contributed by atoms with E-state index < -0.39 is 0 Å². The third kappa shape index (κ3) is 2.37. The summed E-state index contributed by atoms with van der Waals surface area (Å²) in [4.78, 5) is 17.0. The first-order chi connectivity index (χ1) is 9.86. The van der Waals surface area contributed by atoms with Crippen LogP contribution in [0, 0.1) is 6.92 Å². The molecule has 0 aliphatic rings. The van der Waals surface area contributed by atoms with Crippen molar-refractivity contribution in [1.29, 1.82) is 0 Å². The molecule has 110 valence electrons. The minimum Gasteiger partial charge on any atom is -0.307 e. The molecule has 0 aliphatic carbocycles. The van der Waals surface area contributed by atoms with E-state index in [1.165, 1.54) is 4.68 Å². The summed E-state index contributed by atoms with van der Waals surface area (Å²) in [6.45, 7) is 8.18. The molecule has 0 atom stereocenters. The number of aryl methyl sites for hydroxylation is 1. The van der Waals surface area contributed by atoms with Crippen LogP contribution < -0.4 is 5.69 Å². The maximum absolute atomic E-state index is 12.5. The van der Waals surface area contributed by atoms with Crippen LogP contribution in [0.3, 0.4) is 0 Å². The summed E-state index contributed by atoms with van der Waals surface area (Å²) in [7, 11) is 0. The molecule has 0 N–H and O–H groups in total. The Bertz CT molecular complexity index is 814. The van der Waals surface area contributed by atoms with Gasteiger partial charge in [-0.3, -0.25) is 4.57 Å². The van der Waals surface area contributed by atoms with Gasteiger partial charge in [0, 0.05) is 12.4 Å². The van der Waals surface area contributed by atoms with Gasteiger partial charge >= 0.3 is 5.69 Å². The Morgan fingerprint density at radius 3 is 2.62 bits per heavy atom. The minimum atomic E-state index is -0.327. The highest BCUT2D eigenvalue weighted by atomic mass is 16.2. The van der Waals surface area contributed by atoms with Crippen LogP contribution in [0.15, 0.2) is 35.4 Å². The molecule has 3 aromatic heterocycles. The highest BCUT2D eigenvalue weighted by molar-refractivity contribution is 5.39. The van der Waals surface area contributed by atoms with Gasteiger partial charge in [-0.25, -0.2) is 14.5 Å². The van der Waals surface area contributed by atoms with Crippen molar-refractivity contribution in [3.05, 3.63) is 52.6 Å². The summed E-state index contributed by atoms with van der Waals surface area (Å²) in [6.07, 6.45) is 3.88. The van der Waals surface area contributed by atoms with Crippen LogP contribution in [0.4, 0.5) is 0 Å². The van der Waals surface area contributed by atoms with Crippen molar-refractivity contribution in [2.45, 2.75) is 39.8 Å². The summed E-state index contributed by atoms with van der Waals surface area (Å²) < 4.78 is 5.13. The predicted octanol–water partition coefficient (Wildman–Crippen LogP) is 1.80. The van der Waals surface area contributed by atoms with Crippen molar-refractivity contribution < 1.29 is 0 Å². The zero-order chi connectivity index (χ0) is 15.2. The fourth-order valence-electron chi connectivity index (χ4n) is 2.34. The molecule has 3 aromatic rings. The van der Waals surface area contributed by atoms with Crippen LogP contribution >= 0.6 is 0 Å². The molecule has 0 spiro atoms. The third-order valence-electron chi connectivity index (χ3n) is 3.42. The van der Waals surface area contributed by atoms with Crippen molar-refractivity contribution in [3.63, 3.8) is 0 Å². The predicted molar refractivity (Wildman–Crippen MR) is 80.5 cm³/mol. The normalized spacial score (nSPS) is 12.2. The SMILES string of the molecule is Cc1nn(C(C)(C)C)c(=O)n1Cc1cn2ccccc2n1. The van der Waals surface area contributed by atoms with Crippen LogP contribution in [0.5, 0.6) is 0 Å². The van der Waals surface area contributed by atoms with Gasteiger partial charge in [0.05, 0.1) is 17.8 Å². The fraction of sp³-hybridized carbons (Fsp3) is 0.400.